The number of hydrogen-bond donors (Lipinski definition) is 1. The Balaban J connectivity index is 4.49. The molecule has 0 aromatic heterocycles. The molecule has 2 N–H and O–H groups in total. The highest BCUT2D eigenvalue weighted by Gasteiger charge is 2.17. The molecule has 0 amide bonds. The monoisotopic (exact) mass is 206 g/mol. The Labute approximate surface area is 78.3 Å². The fourth-order valence-corrected chi connectivity index (χ4v) is 1.31. The second-order valence-electron chi connectivity index (χ2n) is 2.89. The summed E-state index contributed by atoms with van der Waals surface area (Å²) in [5.74, 6) is -1.04. The average molecular weight is 206 g/mol. The molecular weight excluding hydrogens is 192 g/mol. The van der Waals surface area contributed by atoms with Gasteiger partial charge >= 0.3 is 0 Å². The normalized spacial score (nSPS) is 13.4. The maximum Gasteiger partial charge on any atom is 0.221 e. The zero-order valence-corrected chi connectivity index (χ0v) is 8.76. The maximum atomic E-state index is 11.2. The molecule has 0 atom stereocenters. The van der Waals surface area contributed by atoms with Gasteiger partial charge in [0, 0.05) is 25.9 Å². The van der Waals surface area contributed by atoms with E-state index in [0.29, 0.717) is 5.70 Å². The van der Waals surface area contributed by atoms with Gasteiger partial charge in [0.25, 0.3) is 0 Å². The molecule has 0 heterocycles. The van der Waals surface area contributed by atoms with Crippen LogP contribution in [0, 0.1) is 0 Å². The molecule has 0 spiro atoms. The molecule has 13 heavy (non-hydrogen) atoms. The largest absolute Gasteiger partial charge is 0.402 e. The summed E-state index contributed by atoms with van der Waals surface area (Å²) in [4.78, 5) is 11.0. The Bertz CT molecular complexity index is 313. The Morgan fingerprint density at radius 1 is 1.46 bits per heavy atom. The molecule has 5 nitrogen and oxygen atoms in total. The van der Waals surface area contributed by atoms with E-state index in [2.05, 4.69) is 0 Å². The van der Waals surface area contributed by atoms with Gasteiger partial charge in [-0.1, -0.05) is 0 Å². The first-order valence-electron chi connectivity index (χ1n) is 3.62. The molecular formula is C7H14N2O3S. The van der Waals surface area contributed by atoms with Gasteiger partial charge in [-0.05, 0) is 6.92 Å². The molecule has 0 aliphatic carbocycles. The average Bonchev–Trinajstić information content (AvgIpc) is 1.82. The van der Waals surface area contributed by atoms with Crippen molar-refractivity contribution in [2.24, 2.45) is 5.73 Å². The van der Waals surface area contributed by atoms with Crippen LogP contribution in [0.5, 0.6) is 0 Å². The van der Waals surface area contributed by atoms with E-state index >= 15 is 0 Å². The Kier molecular flexibility index (Phi) is 4.09. The molecule has 0 unspecified atom stereocenters. The van der Waals surface area contributed by atoms with Gasteiger partial charge in [0.2, 0.25) is 10.0 Å². The van der Waals surface area contributed by atoms with Gasteiger partial charge < -0.3 is 5.73 Å². The van der Waals surface area contributed by atoms with Crippen LogP contribution in [0.15, 0.2) is 11.8 Å². The summed E-state index contributed by atoms with van der Waals surface area (Å²) >= 11 is 0. The van der Waals surface area contributed by atoms with Gasteiger partial charge in [-0.25, -0.2) is 12.7 Å². The Hall–Kier alpha value is -0.880. The highest BCUT2D eigenvalue weighted by molar-refractivity contribution is 7.89. The van der Waals surface area contributed by atoms with Crippen LogP contribution >= 0.6 is 0 Å². The van der Waals surface area contributed by atoms with E-state index in [1.54, 1.807) is 0 Å². The summed E-state index contributed by atoms with van der Waals surface area (Å²) < 4.78 is 23.3. The van der Waals surface area contributed by atoms with Gasteiger partial charge in [0.05, 0.1) is 0 Å². The third kappa shape index (κ3) is 4.64. The van der Waals surface area contributed by atoms with Crippen molar-refractivity contribution in [1.82, 2.24) is 4.31 Å². The topological polar surface area (TPSA) is 80.5 Å². The van der Waals surface area contributed by atoms with Crippen LogP contribution in [0.25, 0.3) is 0 Å². The van der Waals surface area contributed by atoms with Gasteiger partial charge in [0.15, 0.2) is 5.78 Å². The molecule has 0 fully saturated rings. The van der Waals surface area contributed by atoms with Crippen molar-refractivity contribution in [2.45, 2.75) is 6.92 Å². The van der Waals surface area contributed by atoms with Crippen LogP contribution in [0.1, 0.15) is 6.92 Å². The predicted molar refractivity (Wildman–Crippen MR) is 50.4 cm³/mol. The zero-order chi connectivity index (χ0) is 10.6. The van der Waals surface area contributed by atoms with Crippen LogP contribution < -0.4 is 5.73 Å². The van der Waals surface area contributed by atoms with Crippen molar-refractivity contribution in [2.75, 3.05) is 19.8 Å². The number of nitrogens with zero attached hydrogens (tertiary/aromatic N) is 1. The lowest BCUT2D eigenvalue weighted by atomic mass is 10.3. The Morgan fingerprint density at radius 2 is 1.92 bits per heavy atom. The van der Waals surface area contributed by atoms with Crippen molar-refractivity contribution in [3.63, 3.8) is 0 Å². The molecule has 0 bridgehead atoms. The van der Waals surface area contributed by atoms with E-state index in [9.17, 15) is 13.2 Å². The summed E-state index contributed by atoms with van der Waals surface area (Å²) in [5.41, 5.74) is 5.52. The minimum Gasteiger partial charge on any atom is -0.402 e. The highest BCUT2D eigenvalue weighted by atomic mass is 32.2. The molecule has 0 saturated heterocycles. The number of ketones is 1. The molecule has 76 valence electrons. The lowest BCUT2D eigenvalue weighted by Crippen LogP contribution is -2.28. The summed E-state index contributed by atoms with van der Waals surface area (Å²) in [6, 6.07) is 0. The van der Waals surface area contributed by atoms with E-state index < -0.39 is 21.6 Å². The van der Waals surface area contributed by atoms with E-state index in [4.69, 9.17) is 5.73 Å². The van der Waals surface area contributed by atoms with Crippen LogP contribution in [0.4, 0.5) is 0 Å². The Morgan fingerprint density at radius 3 is 2.23 bits per heavy atom. The third-order valence-electron chi connectivity index (χ3n) is 1.27. The molecule has 0 radical (unpaired) electrons. The first-order valence-corrected chi connectivity index (χ1v) is 5.23. The predicted octanol–water partition coefficient (Wildman–Crippen LogP) is -0.691. The van der Waals surface area contributed by atoms with Crippen LogP contribution in [0.3, 0.4) is 0 Å². The molecule has 0 aliphatic heterocycles. The third-order valence-corrected chi connectivity index (χ3v) is 3.03. The molecule has 0 saturated carbocycles. The van der Waals surface area contributed by atoms with Crippen LogP contribution in [0.2, 0.25) is 0 Å². The minimum absolute atomic E-state index is 0.305. The summed E-state index contributed by atoms with van der Waals surface area (Å²) in [6.07, 6.45) is 1.11. The number of hydrogen-bond acceptors (Lipinski definition) is 4. The summed E-state index contributed by atoms with van der Waals surface area (Å²) in [6.45, 7) is 1.53. The first kappa shape index (κ1) is 12.1. The number of rotatable bonds is 4. The zero-order valence-electron chi connectivity index (χ0n) is 7.94. The molecule has 0 aromatic carbocycles. The second-order valence-corrected chi connectivity index (χ2v) is 5.08. The van der Waals surface area contributed by atoms with E-state index in [1.807, 2.05) is 0 Å². The first-order chi connectivity index (χ1) is 5.75. The standard InChI is InChI=1S/C7H14N2O3S/c1-6(8)4-7(10)5-13(11,12)9(2)3/h4H,5,8H2,1-3H3. The number of sulfonamides is 1. The van der Waals surface area contributed by atoms with Crippen molar-refractivity contribution >= 4 is 15.8 Å². The lowest BCUT2D eigenvalue weighted by Gasteiger charge is -2.08. The molecule has 0 aromatic rings. The number of carbonyl (C=O) groups is 1. The molecule has 0 rings (SSSR count). The van der Waals surface area contributed by atoms with Gasteiger partial charge in [-0.3, -0.25) is 4.79 Å². The van der Waals surface area contributed by atoms with Crippen molar-refractivity contribution in [1.29, 1.82) is 0 Å². The van der Waals surface area contributed by atoms with Gasteiger partial charge in [-0.15, -0.1) is 0 Å². The van der Waals surface area contributed by atoms with E-state index in [1.165, 1.54) is 21.0 Å². The van der Waals surface area contributed by atoms with Gasteiger partial charge in [-0.2, -0.15) is 0 Å². The molecule has 0 aliphatic rings. The number of carbonyl (C=O) groups excluding carboxylic acids is 1. The number of nitrogens with two attached hydrogens (primary N) is 1. The van der Waals surface area contributed by atoms with E-state index in [0.717, 1.165) is 10.4 Å². The smallest absolute Gasteiger partial charge is 0.221 e. The fraction of sp³-hybridized carbons (Fsp3) is 0.571. The maximum absolute atomic E-state index is 11.2. The van der Waals surface area contributed by atoms with Gasteiger partial charge in [0.1, 0.15) is 5.75 Å². The van der Waals surface area contributed by atoms with Crippen molar-refractivity contribution in [3.8, 4) is 0 Å². The van der Waals surface area contributed by atoms with E-state index in [-0.39, 0.29) is 0 Å². The van der Waals surface area contributed by atoms with Crippen LogP contribution in [-0.2, 0) is 14.8 Å². The second kappa shape index (κ2) is 4.38. The number of allylic oxidation sites excluding steroid dienone is 2. The minimum atomic E-state index is -3.46. The quantitative estimate of drug-likeness (QED) is 0.617. The lowest BCUT2D eigenvalue weighted by molar-refractivity contribution is -0.112. The summed E-state index contributed by atoms with van der Waals surface area (Å²) in [7, 11) is -0.706. The van der Waals surface area contributed by atoms with Crippen LogP contribution in [-0.4, -0.2) is 38.4 Å². The van der Waals surface area contributed by atoms with Crippen molar-refractivity contribution in [3.05, 3.63) is 11.8 Å². The fourth-order valence-electron chi connectivity index (χ4n) is 0.604. The highest BCUT2D eigenvalue weighted by Crippen LogP contribution is 1.96. The summed E-state index contributed by atoms with van der Waals surface area (Å²) in [5, 5.41) is 0. The SMILES string of the molecule is CC(N)=CC(=O)CS(=O)(=O)N(C)C. The van der Waals surface area contributed by atoms with Crippen molar-refractivity contribution < 1.29 is 13.2 Å². The molecule has 6 heteroatoms.